The normalized spacial score (nSPS) is 10.9. The van der Waals surface area contributed by atoms with Gasteiger partial charge in [0.1, 0.15) is 5.75 Å². The van der Waals surface area contributed by atoms with E-state index in [1.165, 1.54) is 10.4 Å². The maximum Gasteiger partial charge on any atom is 0.264 e. The molecule has 0 spiro atoms. The molecule has 0 aliphatic rings. The lowest BCUT2D eigenvalue weighted by atomic mass is 10.2. The highest BCUT2D eigenvalue weighted by Crippen LogP contribution is 2.26. The van der Waals surface area contributed by atoms with E-state index < -0.39 is 10.0 Å². The van der Waals surface area contributed by atoms with Crippen molar-refractivity contribution in [3.05, 3.63) is 97.1 Å². The topological polar surface area (TPSA) is 75.7 Å². The molecule has 1 N–H and O–H groups in total. The number of sulfonamides is 1. The number of hydrogen-bond acceptors (Lipinski definition) is 4. The van der Waals surface area contributed by atoms with Gasteiger partial charge in [-0.2, -0.15) is 0 Å². The molecule has 31 heavy (non-hydrogen) atoms. The number of benzene rings is 3. The number of nitrogens with one attached hydrogen (secondary N) is 1. The van der Waals surface area contributed by atoms with Crippen LogP contribution in [0.4, 0.5) is 11.4 Å². The van der Waals surface area contributed by atoms with Crippen LogP contribution in [0.25, 0.3) is 0 Å². The number of nitrogens with zero attached hydrogens (tertiary/aromatic N) is 1. The van der Waals surface area contributed by atoms with Gasteiger partial charge in [0.2, 0.25) is 0 Å². The first kappa shape index (κ1) is 22.1. The molecule has 3 rings (SSSR count). The smallest absolute Gasteiger partial charge is 0.264 e. The van der Waals surface area contributed by atoms with Crippen LogP contribution >= 0.6 is 0 Å². The first-order valence-electron chi connectivity index (χ1n) is 9.79. The van der Waals surface area contributed by atoms with E-state index in [2.05, 4.69) is 11.9 Å². The maximum absolute atomic E-state index is 13.1. The zero-order valence-electron chi connectivity index (χ0n) is 17.2. The van der Waals surface area contributed by atoms with Crippen LogP contribution in [-0.2, 0) is 10.0 Å². The largest absolute Gasteiger partial charge is 0.492 e. The fourth-order valence-electron chi connectivity index (χ4n) is 3.00. The highest BCUT2D eigenvalue weighted by Gasteiger charge is 2.24. The Morgan fingerprint density at radius 1 is 1.00 bits per heavy atom. The van der Waals surface area contributed by atoms with Crippen LogP contribution in [0.3, 0.4) is 0 Å². The number of anilines is 2. The number of ether oxygens (including phenoxy) is 1. The molecule has 160 valence electrons. The van der Waals surface area contributed by atoms with Crippen molar-refractivity contribution in [1.29, 1.82) is 0 Å². The molecular weight excluding hydrogens is 412 g/mol. The van der Waals surface area contributed by atoms with Gasteiger partial charge in [-0.05, 0) is 55.5 Å². The van der Waals surface area contributed by atoms with Gasteiger partial charge in [0.05, 0.1) is 29.4 Å². The summed E-state index contributed by atoms with van der Waals surface area (Å²) in [7, 11) is -3.76. The Bertz CT molecular complexity index is 1140. The Kier molecular flexibility index (Phi) is 7.10. The minimum atomic E-state index is -3.76. The standard InChI is InChI=1S/C24H24N2O4S/c1-3-18-26(31(28,29)21-10-6-5-7-11-21)20-16-14-19(15-17-20)24(27)25-22-12-8-9-13-23(22)30-4-2/h3,5-17H,1,4,18H2,2H3,(H,25,27). The van der Waals surface area contributed by atoms with E-state index in [9.17, 15) is 13.2 Å². The van der Waals surface area contributed by atoms with Crippen molar-refractivity contribution >= 4 is 27.3 Å². The number of rotatable bonds is 9. The summed E-state index contributed by atoms with van der Waals surface area (Å²) < 4.78 is 32.9. The second kappa shape index (κ2) is 9.95. The van der Waals surface area contributed by atoms with Crippen LogP contribution < -0.4 is 14.4 Å². The molecule has 0 radical (unpaired) electrons. The fourth-order valence-corrected chi connectivity index (χ4v) is 4.46. The SMILES string of the molecule is C=CCN(c1ccc(C(=O)Nc2ccccc2OCC)cc1)S(=O)(=O)c1ccccc1. The summed E-state index contributed by atoms with van der Waals surface area (Å²) in [5.74, 6) is 0.265. The van der Waals surface area contributed by atoms with Gasteiger partial charge >= 0.3 is 0 Å². The van der Waals surface area contributed by atoms with Gasteiger partial charge in [-0.3, -0.25) is 9.10 Å². The molecule has 0 aromatic heterocycles. The zero-order chi connectivity index (χ0) is 22.3. The van der Waals surface area contributed by atoms with Crippen molar-refractivity contribution in [3.8, 4) is 5.75 Å². The summed E-state index contributed by atoms with van der Waals surface area (Å²) >= 11 is 0. The third kappa shape index (κ3) is 5.13. The van der Waals surface area contributed by atoms with Gasteiger partial charge in [-0.1, -0.05) is 36.4 Å². The molecule has 0 unspecified atom stereocenters. The van der Waals surface area contributed by atoms with Gasteiger partial charge in [0.25, 0.3) is 15.9 Å². The lowest BCUT2D eigenvalue weighted by Gasteiger charge is -2.23. The number of para-hydroxylation sites is 2. The first-order valence-corrected chi connectivity index (χ1v) is 11.2. The van der Waals surface area contributed by atoms with Gasteiger partial charge < -0.3 is 10.1 Å². The highest BCUT2D eigenvalue weighted by atomic mass is 32.2. The molecule has 3 aromatic carbocycles. The molecule has 0 bridgehead atoms. The van der Waals surface area contributed by atoms with Crippen LogP contribution in [0.15, 0.2) is 96.4 Å². The van der Waals surface area contributed by atoms with Crippen molar-refractivity contribution in [1.82, 2.24) is 0 Å². The van der Waals surface area contributed by atoms with E-state index in [4.69, 9.17) is 4.74 Å². The Morgan fingerprint density at radius 2 is 1.65 bits per heavy atom. The second-order valence-electron chi connectivity index (χ2n) is 6.57. The minimum absolute atomic E-state index is 0.102. The predicted octanol–water partition coefficient (Wildman–Crippen LogP) is 4.72. The fraction of sp³-hybridized carbons (Fsp3) is 0.125. The van der Waals surface area contributed by atoms with Crippen LogP contribution in [0.1, 0.15) is 17.3 Å². The Balaban J connectivity index is 1.84. The van der Waals surface area contributed by atoms with E-state index in [0.29, 0.717) is 29.3 Å². The van der Waals surface area contributed by atoms with E-state index in [0.717, 1.165) is 0 Å². The van der Waals surface area contributed by atoms with E-state index in [-0.39, 0.29) is 17.3 Å². The molecule has 1 amide bonds. The van der Waals surface area contributed by atoms with Crippen LogP contribution in [-0.4, -0.2) is 27.5 Å². The van der Waals surface area contributed by atoms with Crippen molar-refractivity contribution < 1.29 is 17.9 Å². The first-order chi connectivity index (χ1) is 15.0. The summed E-state index contributed by atoms with van der Waals surface area (Å²) in [4.78, 5) is 12.9. The number of carbonyl (C=O) groups excluding carboxylic acids is 1. The monoisotopic (exact) mass is 436 g/mol. The molecule has 0 atom stereocenters. The highest BCUT2D eigenvalue weighted by molar-refractivity contribution is 7.92. The summed E-state index contributed by atoms with van der Waals surface area (Å²) in [6.45, 7) is 6.12. The van der Waals surface area contributed by atoms with E-state index in [1.807, 2.05) is 19.1 Å². The van der Waals surface area contributed by atoms with Gasteiger partial charge in [0.15, 0.2) is 0 Å². The molecule has 6 nitrogen and oxygen atoms in total. The molecule has 7 heteroatoms. The third-order valence-electron chi connectivity index (χ3n) is 4.48. The average molecular weight is 437 g/mol. The molecule has 0 aliphatic heterocycles. The molecule has 0 aliphatic carbocycles. The van der Waals surface area contributed by atoms with Crippen LogP contribution in [0.2, 0.25) is 0 Å². The maximum atomic E-state index is 13.1. The van der Waals surface area contributed by atoms with Crippen molar-refractivity contribution in [3.63, 3.8) is 0 Å². The summed E-state index contributed by atoms with van der Waals surface area (Å²) in [6, 6.07) is 21.8. The Hall–Kier alpha value is -3.58. The molecule has 0 fully saturated rings. The lowest BCUT2D eigenvalue weighted by Crippen LogP contribution is -2.31. The number of amides is 1. The molecule has 3 aromatic rings. The molecular formula is C24H24N2O4S. The third-order valence-corrected chi connectivity index (χ3v) is 6.29. The van der Waals surface area contributed by atoms with Crippen LogP contribution in [0, 0.1) is 0 Å². The van der Waals surface area contributed by atoms with E-state index in [1.54, 1.807) is 66.7 Å². The van der Waals surface area contributed by atoms with Gasteiger partial charge in [-0.25, -0.2) is 8.42 Å². The minimum Gasteiger partial charge on any atom is -0.492 e. The molecule has 0 heterocycles. The van der Waals surface area contributed by atoms with Crippen molar-refractivity contribution in [2.24, 2.45) is 0 Å². The van der Waals surface area contributed by atoms with Gasteiger partial charge in [-0.15, -0.1) is 6.58 Å². The summed E-state index contributed by atoms with van der Waals surface area (Å²) in [6.07, 6.45) is 1.52. The molecule has 0 saturated heterocycles. The summed E-state index contributed by atoms with van der Waals surface area (Å²) in [5, 5.41) is 2.83. The summed E-state index contributed by atoms with van der Waals surface area (Å²) in [5.41, 5.74) is 1.40. The lowest BCUT2D eigenvalue weighted by molar-refractivity contribution is 0.102. The number of hydrogen-bond donors (Lipinski definition) is 1. The predicted molar refractivity (Wildman–Crippen MR) is 123 cm³/mol. The second-order valence-corrected chi connectivity index (χ2v) is 8.43. The van der Waals surface area contributed by atoms with E-state index >= 15 is 0 Å². The molecule has 0 saturated carbocycles. The zero-order valence-corrected chi connectivity index (χ0v) is 18.0. The Labute approximate surface area is 182 Å². The van der Waals surface area contributed by atoms with Gasteiger partial charge in [0, 0.05) is 5.56 Å². The van der Waals surface area contributed by atoms with Crippen LogP contribution in [0.5, 0.6) is 5.75 Å². The quantitative estimate of drug-likeness (QED) is 0.493. The number of carbonyl (C=O) groups is 1. The van der Waals surface area contributed by atoms with Crippen molar-refractivity contribution in [2.75, 3.05) is 22.8 Å². The van der Waals surface area contributed by atoms with Crippen molar-refractivity contribution in [2.45, 2.75) is 11.8 Å². The average Bonchev–Trinajstić information content (AvgIpc) is 2.79. The Morgan fingerprint density at radius 3 is 2.29 bits per heavy atom.